The maximum Gasteiger partial charge on any atom is 0.416 e. The van der Waals surface area contributed by atoms with E-state index in [2.05, 4.69) is 0 Å². The number of halogens is 5. The summed E-state index contributed by atoms with van der Waals surface area (Å²) in [5, 5.41) is 0. The molecule has 0 spiro atoms. The van der Waals surface area contributed by atoms with Gasteiger partial charge in [-0.25, -0.2) is 4.39 Å². The normalized spacial score (nSPS) is 24.7. The van der Waals surface area contributed by atoms with E-state index in [-0.39, 0.29) is 5.92 Å². The second-order valence-corrected chi connectivity index (χ2v) is 7.57. The van der Waals surface area contributed by atoms with E-state index in [1.54, 1.807) is 6.08 Å². The summed E-state index contributed by atoms with van der Waals surface area (Å²) in [6, 6.07) is 3.56. The molecule has 1 aromatic carbocycles. The minimum absolute atomic E-state index is 0.0178. The summed E-state index contributed by atoms with van der Waals surface area (Å²) in [6.45, 7) is 5.65. The highest BCUT2D eigenvalue weighted by atomic mass is 127. The molecule has 0 saturated heterocycles. The van der Waals surface area contributed by atoms with E-state index in [0.29, 0.717) is 20.5 Å². The van der Waals surface area contributed by atoms with Gasteiger partial charge < -0.3 is 4.74 Å². The van der Waals surface area contributed by atoms with E-state index < -0.39 is 23.3 Å². The smallest absolute Gasteiger partial charge is 0.416 e. The molecule has 24 heavy (non-hydrogen) atoms. The molecule has 0 fully saturated rings. The van der Waals surface area contributed by atoms with Gasteiger partial charge in [0, 0.05) is 14.6 Å². The van der Waals surface area contributed by atoms with Crippen LogP contribution in [0.5, 0.6) is 0 Å². The van der Waals surface area contributed by atoms with Crippen LogP contribution in [0.3, 0.4) is 0 Å². The van der Waals surface area contributed by atoms with E-state index >= 15 is 0 Å². The average Bonchev–Trinajstić information content (AvgIpc) is 2.48. The molecule has 0 saturated carbocycles. The molecule has 132 valence electrons. The number of allylic oxidation sites excluding steroid dienone is 3. The number of benzene rings is 1. The highest BCUT2D eigenvalue weighted by Gasteiger charge is 2.39. The van der Waals surface area contributed by atoms with Crippen LogP contribution < -0.4 is 0 Å². The van der Waals surface area contributed by atoms with Crippen molar-refractivity contribution in [2.75, 3.05) is 7.11 Å². The monoisotopic (exact) mass is 454 g/mol. The number of hydrogen-bond acceptors (Lipinski definition) is 1. The van der Waals surface area contributed by atoms with Crippen LogP contribution in [0.25, 0.3) is 5.57 Å². The van der Waals surface area contributed by atoms with Crippen molar-refractivity contribution < 1.29 is 22.3 Å². The summed E-state index contributed by atoms with van der Waals surface area (Å²) in [5.74, 6) is 0.363. The van der Waals surface area contributed by atoms with Gasteiger partial charge in [0.15, 0.2) is 0 Å². The fourth-order valence-corrected chi connectivity index (χ4v) is 3.45. The minimum Gasteiger partial charge on any atom is -0.496 e. The minimum atomic E-state index is -4.39. The van der Waals surface area contributed by atoms with Crippen LogP contribution in [-0.2, 0) is 10.9 Å². The molecule has 0 aromatic heterocycles. The van der Waals surface area contributed by atoms with Crippen molar-refractivity contribution in [1.82, 2.24) is 0 Å². The number of hydrogen-bond donors (Lipinski definition) is 0. The number of rotatable bonds is 3. The van der Waals surface area contributed by atoms with E-state index in [9.17, 15) is 17.6 Å². The number of ether oxygens (including phenoxy) is 1. The van der Waals surface area contributed by atoms with Crippen LogP contribution in [-0.4, -0.2) is 13.3 Å². The molecule has 0 amide bonds. The Morgan fingerprint density at radius 2 is 1.88 bits per heavy atom. The van der Waals surface area contributed by atoms with Gasteiger partial charge in [0.1, 0.15) is 11.9 Å². The number of methoxy groups -OCH3 is 1. The number of alkyl halides is 4. The zero-order valence-corrected chi connectivity index (χ0v) is 16.0. The molecular weight excluding hydrogens is 435 g/mol. The van der Waals surface area contributed by atoms with Gasteiger partial charge in [0.25, 0.3) is 0 Å². The molecule has 1 aromatic rings. The standard InChI is InChI=1S/C18H19F4IO/c1-10(2)17(3)9-13(15(24-4)8-16(17)19)12-6-5-11(7-14(12)23)18(20,21)22/h5-10,16H,1-4H3. The molecule has 0 heterocycles. The van der Waals surface area contributed by atoms with Crippen molar-refractivity contribution in [1.29, 1.82) is 0 Å². The topological polar surface area (TPSA) is 9.23 Å². The molecule has 1 nitrogen and oxygen atoms in total. The van der Waals surface area contributed by atoms with E-state index in [1.807, 2.05) is 43.4 Å². The third-order valence-corrected chi connectivity index (χ3v) is 5.56. The molecule has 2 unspecified atom stereocenters. The van der Waals surface area contributed by atoms with Gasteiger partial charge in [0.2, 0.25) is 0 Å². The second-order valence-electron chi connectivity index (χ2n) is 6.41. The lowest BCUT2D eigenvalue weighted by Gasteiger charge is -2.37. The largest absolute Gasteiger partial charge is 0.496 e. The third-order valence-electron chi connectivity index (χ3n) is 4.66. The predicted molar refractivity (Wildman–Crippen MR) is 95.1 cm³/mol. The lowest BCUT2D eigenvalue weighted by Crippen LogP contribution is -2.34. The lowest BCUT2D eigenvalue weighted by atomic mass is 9.70. The summed E-state index contributed by atoms with van der Waals surface area (Å²) < 4.78 is 58.9. The van der Waals surface area contributed by atoms with Crippen LogP contribution in [0.2, 0.25) is 0 Å². The fraction of sp³-hybridized carbons (Fsp3) is 0.444. The van der Waals surface area contributed by atoms with E-state index in [4.69, 9.17) is 4.74 Å². The average molecular weight is 454 g/mol. The van der Waals surface area contributed by atoms with Crippen LogP contribution in [0.15, 0.2) is 36.1 Å². The molecule has 1 aliphatic rings. The Kier molecular flexibility index (Phi) is 5.37. The van der Waals surface area contributed by atoms with Gasteiger partial charge in [-0.2, -0.15) is 13.2 Å². The Morgan fingerprint density at radius 3 is 2.33 bits per heavy atom. The third kappa shape index (κ3) is 3.48. The van der Waals surface area contributed by atoms with Crippen molar-refractivity contribution in [3.63, 3.8) is 0 Å². The zero-order chi connectivity index (χ0) is 18.3. The lowest BCUT2D eigenvalue weighted by molar-refractivity contribution is -0.137. The van der Waals surface area contributed by atoms with Gasteiger partial charge >= 0.3 is 6.18 Å². The fourth-order valence-electron chi connectivity index (χ4n) is 2.65. The molecule has 0 aliphatic heterocycles. The van der Waals surface area contributed by atoms with E-state index in [1.165, 1.54) is 19.3 Å². The summed E-state index contributed by atoms with van der Waals surface area (Å²) in [4.78, 5) is 0. The van der Waals surface area contributed by atoms with Crippen LogP contribution in [0, 0.1) is 14.9 Å². The molecule has 2 atom stereocenters. The second kappa shape index (κ2) is 6.69. The maximum absolute atomic E-state index is 14.6. The molecule has 6 heteroatoms. The Morgan fingerprint density at radius 1 is 1.25 bits per heavy atom. The van der Waals surface area contributed by atoms with Gasteiger partial charge in [-0.1, -0.05) is 32.9 Å². The summed E-state index contributed by atoms with van der Waals surface area (Å²) in [7, 11) is 1.43. The van der Waals surface area contributed by atoms with Gasteiger partial charge in [0.05, 0.1) is 12.7 Å². The summed E-state index contributed by atoms with van der Waals surface area (Å²) in [6.07, 6.45) is -2.42. The van der Waals surface area contributed by atoms with Crippen molar-refractivity contribution in [3.8, 4) is 0 Å². The molecule has 0 radical (unpaired) electrons. The molecule has 2 rings (SSSR count). The van der Waals surface area contributed by atoms with Crippen molar-refractivity contribution >= 4 is 28.2 Å². The highest BCUT2D eigenvalue weighted by Crippen LogP contribution is 2.45. The van der Waals surface area contributed by atoms with Crippen molar-refractivity contribution in [2.24, 2.45) is 11.3 Å². The first-order chi connectivity index (χ1) is 11.0. The first-order valence-corrected chi connectivity index (χ1v) is 8.58. The Hall–Kier alpha value is -1.05. The molecule has 1 aliphatic carbocycles. The highest BCUT2D eigenvalue weighted by molar-refractivity contribution is 14.1. The first kappa shape index (κ1) is 19.3. The Labute approximate surface area is 152 Å². The van der Waals surface area contributed by atoms with Gasteiger partial charge in [-0.05, 0) is 52.3 Å². The van der Waals surface area contributed by atoms with Crippen LogP contribution >= 0.6 is 22.6 Å². The zero-order valence-electron chi connectivity index (χ0n) is 13.8. The summed E-state index contributed by atoms with van der Waals surface area (Å²) >= 11 is 1.87. The Balaban J connectivity index is 2.58. The van der Waals surface area contributed by atoms with E-state index in [0.717, 1.165) is 12.1 Å². The molecular formula is C18H19F4IO. The van der Waals surface area contributed by atoms with Crippen LogP contribution in [0.1, 0.15) is 31.9 Å². The first-order valence-electron chi connectivity index (χ1n) is 7.51. The maximum atomic E-state index is 14.6. The summed E-state index contributed by atoms with van der Waals surface area (Å²) in [5.41, 5.74) is -0.218. The molecule has 0 bridgehead atoms. The quantitative estimate of drug-likeness (QED) is 0.388. The SMILES string of the molecule is COC1=CC(F)C(C)(C(C)C)C=C1c1ccc(C(F)(F)F)cc1I. The predicted octanol–water partition coefficient (Wildman–Crippen LogP) is 6.24. The van der Waals surface area contributed by atoms with Crippen molar-refractivity contribution in [3.05, 3.63) is 50.8 Å². The van der Waals surface area contributed by atoms with Crippen LogP contribution in [0.4, 0.5) is 17.6 Å². The van der Waals surface area contributed by atoms with Gasteiger partial charge in [-0.3, -0.25) is 0 Å². The molecule has 0 N–H and O–H groups in total. The van der Waals surface area contributed by atoms with Gasteiger partial charge in [-0.15, -0.1) is 0 Å². The Bertz CT molecular complexity index is 691. The van der Waals surface area contributed by atoms with Crippen molar-refractivity contribution in [2.45, 2.75) is 33.1 Å².